The fourth-order valence-electron chi connectivity index (χ4n) is 3.03. The van der Waals surface area contributed by atoms with Gasteiger partial charge in [-0.15, -0.1) is 0 Å². The van der Waals surface area contributed by atoms with Crippen molar-refractivity contribution in [3.8, 4) is 0 Å². The fourth-order valence-corrected chi connectivity index (χ4v) is 3.03. The van der Waals surface area contributed by atoms with Crippen LogP contribution >= 0.6 is 0 Å². The Morgan fingerprint density at radius 1 is 1.17 bits per heavy atom. The largest absolute Gasteiger partial charge is 0.444 e. The molecule has 0 amide bonds. The topological polar surface area (TPSA) is 66.8 Å². The van der Waals surface area contributed by atoms with E-state index < -0.39 is 11.8 Å². The number of nitrogens with zero attached hydrogens (tertiary/aromatic N) is 1. The van der Waals surface area contributed by atoms with Gasteiger partial charge in [-0.3, -0.25) is 14.5 Å². The van der Waals surface area contributed by atoms with E-state index in [0.29, 0.717) is 25.1 Å². The molecule has 3 rings (SSSR count). The van der Waals surface area contributed by atoms with Crippen LogP contribution in [0.1, 0.15) is 34.6 Å². The maximum Gasteiger partial charge on any atom is 0.294 e. The van der Waals surface area contributed by atoms with Gasteiger partial charge in [0.1, 0.15) is 5.60 Å². The molecule has 0 aromatic heterocycles. The molecule has 1 aliphatic heterocycles. The standard InChI is InChI=1S/C19H19NO4/c1-14(22)15-7-9-17(10-8-15)19(23)11-20(12-19)18(24-13-21)16-5-3-2-4-6-16/h2-10,13,18,23H,11-12H2,1H3. The number of rotatable bonds is 6. The van der Waals surface area contributed by atoms with E-state index in [4.69, 9.17) is 4.74 Å². The Kier molecular flexibility index (Phi) is 4.46. The quantitative estimate of drug-likeness (QED) is 0.652. The van der Waals surface area contributed by atoms with Crippen LogP contribution in [0.5, 0.6) is 0 Å². The molecular formula is C19H19NO4. The summed E-state index contributed by atoms with van der Waals surface area (Å²) >= 11 is 0. The summed E-state index contributed by atoms with van der Waals surface area (Å²) in [7, 11) is 0. The number of ether oxygens (including phenoxy) is 1. The van der Waals surface area contributed by atoms with Gasteiger partial charge < -0.3 is 9.84 Å². The van der Waals surface area contributed by atoms with Gasteiger partial charge in [-0.05, 0) is 12.5 Å². The van der Waals surface area contributed by atoms with Crippen LogP contribution in [-0.4, -0.2) is 35.4 Å². The highest BCUT2D eigenvalue weighted by atomic mass is 16.5. The molecule has 0 saturated carbocycles. The predicted molar refractivity (Wildman–Crippen MR) is 88.2 cm³/mol. The van der Waals surface area contributed by atoms with E-state index in [1.54, 1.807) is 24.3 Å². The number of hydrogen-bond donors (Lipinski definition) is 1. The number of β-amino-alcohol motifs (C(OH)–C–C–N with tert-alkyl or cyclic N) is 1. The summed E-state index contributed by atoms with van der Waals surface area (Å²) in [5.74, 6) is -0.00713. The van der Waals surface area contributed by atoms with Crippen molar-refractivity contribution in [2.24, 2.45) is 0 Å². The van der Waals surface area contributed by atoms with Crippen LogP contribution in [0.25, 0.3) is 0 Å². The van der Waals surface area contributed by atoms with E-state index in [1.807, 2.05) is 35.2 Å². The highest BCUT2D eigenvalue weighted by Gasteiger charge is 2.46. The first-order chi connectivity index (χ1) is 11.5. The van der Waals surface area contributed by atoms with Gasteiger partial charge in [-0.25, -0.2) is 0 Å². The number of benzene rings is 2. The SMILES string of the molecule is CC(=O)c1ccc(C2(O)CN(C(OC=O)c3ccccc3)C2)cc1. The third-order valence-electron chi connectivity index (χ3n) is 4.36. The van der Waals surface area contributed by atoms with Crippen molar-refractivity contribution < 1.29 is 19.4 Å². The molecule has 124 valence electrons. The third kappa shape index (κ3) is 3.09. The first-order valence-corrected chi connectivity index (χ1v) is 7.75. The van der Waals surface area contributed by atoms with Crippen molar-refractivity contribution in [3.05, 3.63) is 71.3 Å². The predicted octanol–water partition coefficient (Wildman–Crippen LogP) is 2.26. The lowest BCUT2D eigenvalue weighted by atomic mass is 9.85. The number of carbonyl (C=O) groups excluding carboxylic acids is 2. The highest BCUT2D eigenvalue weighted by molar-refractivity contribution is 5.94. The summed E-state index contributed by atoms with van der Waals surface area (Å²) in [5.41, 5.74) is 1.22. The molecule has 1 N–H and O–H groups in total. The summed E-state index contributed by atoms with van der Waals surface area (Å²) < 4.78 is 5.20. The fraction of sp³-hybridized carbons (Fsp3) is 0.263. The molecule has 5 nitrogen and oxygen atoms in total. The van der Waals surface area contributed by atoms with Gasteiger partial charge in [0.2, 0.25) is 0 Å². The Labute approximate surface area is 140 Å². The molecule has 0 aliphatic carbocycles. The van der Waals surface area contributed by atoms with E-state index in [9.17, 15) is 14.7 Å². The minimum absolute atomic E-state index is 0.00713. The van der Waals surface area contributed by atoms with Crippen LogP contribution in [0.2, 0.25) is 0 Å². The number of hydrogen-bond acceptors (Lipinski definition) is 5. The van der Waals surface area contributed by atoms with Crippen molar-refractivity contribution in [2.75, 3.05) is 13.1 Å². The van der Waals surface area contributed by atoms with Gasteiger partial charge in [0.25, 0.3) is 6.47 Å². The minimum Gasteiger partial charge on any atom is -0.444 e. The van der Waals surface area contributed by atoms with Crippen LogP contribution in [-0.2, 0) is 15.1 Å². The number of Topliss-reactive ketones (excluding diaryl/α,β-unsaturated/α-hetero) is 1. The Balaban J connectivity index is 1.74. The average molecular weight is 325 g/mol. The van der Waals surface area contributed by atoms with Gasteiger partial charge in [-0.2, -0.15) is 0 Å². The van der Waals surface area contributed by atoms with Crippen molar-refractivity contribution in [1.82, 2.24) is 4.90 Å². The zero-order chi connectivity index (χ0) is 17.2. The molecule has 0 radical (unpaired) electrons. The molecule has 1 aliphatic rings. The molecule has 2 aromatic carbocycles. The first kappa shape index (κ1) is 16.4. The molecule has 1 unspecified atom stereocenters. The lowest BCUT2D eigenvalue weighted by Crippen LogP contribution is -2.60. The molecular weight excluding hydrogens is 306 g/mol. The van der Waals surface area contributed by atoms with Gasteiger partial charge in [0.05, 0.1) is 0 Å². The third-order valence-corrected chi connectivity index (χ3v) is 4.36. The monoisotopic (exact) mass is 325 g/mol. The Bertz CT molecular complexity index is 721. The minimum atomic E-state index is -1.01. The van der Waals surface area contributed by atoms with Gasteiger partial charge in [-0.1, -0.05) is 54.6 Å². The second-order valence-electron chi connectivity index (χ2n) is 6.07. The molecule has 1 fully saturated rings. The van der Waals surface area contributed by atoms with E-state index in [1.165, 1.54) is 6.92 Å². The number of likely N-dealkylation sites (tertiary alicyclic amines) is 1. The van der Waals surface area contributed by atoms with Gasteiger partial charge in [0, 0.05) is 24.2 Å². The lowest BCUT2D eigenvalue weighted by molar-refractivity contribution is -0.186. The summed E-state index contributed by atoms with van der Waals surface area (Å²) in [6.45, 7) is 2.63. The molecule has 1 saturated heterocycles. The first-order valence-electron chi connectivity index (χ1n) is 7.75. The van der Waals surface area contributed by atoms with Crippen molar-refractivity contribution >= 4 is 12.3 Å². The van der Waals surface area contributed by atoms with Crippen LogP contribution in [0.15, 0.2) is 54.6 Å². The molecule has 0 bridgehead atoms. The van der Waals surface area contributed by atoms with E-state index in [2.05, 4.69) is 0 Å². The Morgan fingerprint density at radius 2 is 1.79 bits per heavy atom. The van der Waals surface area contributed by atoms with E-state index in [-0.39, 0.29) is 5.78 Å². The maximum absolute atomic E-state index is 11.3. The van der Waals surface area contributed by atoms with E-state index >= 15 is 0 Å². The Morgan fingerprint density at radius 3 is 2.33 bits per heavy atom. The summed E-state index contributed by atoms with van der Waals surface area (Å²) in [4.78, 5) is 24.1. The van der Waals surface area contributed by atoms with Crippen molar-refractivity contribution in [3.63, 3.8) is 0 Å². The highest BCUT2D eigenvalue weighted by Crippen LogP contribution is 2.38. The normalized spacial score (nSPS) is 17.6. The molecule has 0 spiro atoms. The second kappa shape index (κ2) is 6.55. The Hall–Kier alpha value is -2.50. The summed E-state index contributed by atoms with van der Waals surface area (Å²) in [6.07, 6.45) is -0.513. The van der Waals surface area contributed by atoms with E-state index in [0.717, 1.165) is 11.1 Å². The smallest absolute Gasteiger partial charge is 0.294 e. The molecule has 5 heteroatoms. The van der Waals surface area contributed by atoms with Crippen molar-refractivity contribution in [1.29, 1.82) is 0 Å². The molecule has 1 atom stereocenters. The van der Waals surface area contributed by atoms with Crippen molar-refractivity contribution in [2.45, 2.75) is 18.8 Å². The number of ketones is 1. The summed E-state index contributed by atoms with van der Waals surface area (Å²) in [5, 5.41) is 10.8. The van der Waals surface area contributed by atoms with Crippen LogP contribution < -0.4 is 0 Å². The molecule has 24 heavy (non-hydrogen) atoms. The number of aliphatic hydroxyl groups is 1. The number of carbonyl (C=O) groups is 2. The van der Waals surface area contributed by atoms with Gasteiger partial charge >= 0.3 is 0 Å². The maximum atomic E-state index is 11.3. The van der Waals surface area contributed by atoms with Crippen LogP contribution in [0, 0.1) is 0 Å². The second-order valence-corrected chi connectivity index (χ2v) is 6.07. The summed E-state index contributed by atoms with van der Waals surface area (Å²) in [6, 6.07) is 16.4. The van der Waals surface area contributed by atoms with Crippen LogP contribution in [0.3, 0.4) is 0 Å². The van der Waals surface area contributed by atoms with Gasteiger partial charge in [0.15, 0.2) is 12.0 Å². The zero-order valence-electron chi connectivity index (χ0n) is 13.4. The molecule has 2 aromatic rings. The van der Waals surface area contributed by atoms with Crippen LogP contribution in [0.4, 0.5) is 0 Å². The molecule has 1 heterocycles. The average Bonchev–Trinajstić information content (AvgIpc) is 2.58. The zero-order valence-corrected chi connectivity index (χ0v) is 13.4. The lowest BCUT2D eigenvalue weighted by Gasteiger charge is -2.49.